The van der Waals surface area contributed by atoms with Crippen molar-refractivity contribution in [3.05, 3.63) is 78.4 Å². The van der Waals surface area contributed by atoms with E-state index in [0.717, 1.165) is 22.3 Å². The summed E-state index contributed by atoms with van der Waals surface area (Å²) in [4.78, 5) is 2.21. The van der Waals surface area contributed by atoms with E-state index in [0.29, 0.717) is 52.4 Å². The second kappa shape index (κ2) is 12.7. The molecule has 2 N–H and O–H groups in total. The number of ether oxygens (including phenoxy) is 2. The number of fused-ring (bicyclic) bond motifs is 3. The van der Waals surface area contributed by atoms with E-state index in [1.165, 1.54) is 10.8 Å². The fraction of sp³-hybridized carbons (Fsp3) is 0.379. The van der Waals surface area contributed by atoms with Crippen LogP contribution in [0.25, 0.3) is 21.8 Å². The molecule has 4 rings (SSSR count). The van der Waals surface area contributed by atoms with Gasteiger partial charge in [-0.2, -0.15) is 0 Å². The summed E-state index contributed by atoms with van der Waals surface area (Å²) in [5.41, 5.74) is 3.41. The number of aliphatic hydroxyl groups is 2. The molecule has 4 aromatic rings. The number of hydrogen-bond acceptors (Lipinski definition) is 5. The van der Waals surface area contributed by atoms with E-state index in [2.05, 4.69) is 58.0 Å². The fourth-order valence-corrected chi connectivity index (χ4v) is 4.61. The predicted octanol–water partition coefficient (Wildman–Crippen LogP) is 4.46. The molecule has 0 fully saturated rings. The molecule has 1 unspecified atom stereocenters. The Morgan fingerprint density at radius 3 is 2.17 bits per heavy atom. The number of rotatable bonds is 14. The second-order valence-electron chi connectivity index (χ2n) is 8.80. The van der Waals surface area contributed by atoms with Gasteiger partial charge < -0.3 is 24.3 Å². The molecule has 0 radical (unpaired) electrons. The lowest BCUT2D eigenvalue weighted by Crippen LogP contribution is -2.35. The Bertz CT molecular complexity index is 1140. The van der Waals surface area contributed by atoms with Gasteiger partial charge >= 0.3 is 0 Å². The van der Waals surface area contributed by atoms with E-state index in [1.54, 1.807) is 0 Å². The maximum absolute atomic E-state index is 11.1. The molecule has 6 heteroatoms. The van der Waals surface area contributed by atoms with Crippen LogP contribution in [0.4, 0.5) is 0 Å². The third kappa shape index (κ3) is 6.61. The minimum absolute atomic E-state index is 0.131. The molecule has 0 saturated heterocycles. The molecule has 1 heterocycles. The molecule has 6 nitrogen and oxygen atoms in total. The summed E-state index contributed by atoms with van der Waals surface area (Å²) in [6.45, 7) is 6.35. The van der Waals surface area contributed by atoms with Crippen LogP contribution in [0.5, 0.6) is 5.75 Å². The Labute approximate surface area is 207 Å². The van der Waals surface area contributed by atoms with Crippen molar-refractivity contribution in [2.45, 2.75) is 32.5 Å². The average molecular weight is 477 g/mol. The van der Waals surface area contributed by atoms with Crippen LogP contribution < -0.4 is 4.74 Å². The molecule has 3 aromatic carbocycles. The van der Waals surface area contributed by atoms with Crippen LogP contribution >= 0.6 is 0 Å². The van der Waals surface area contributed by atoms with Crippen LogP contribution in [0.15, 0.2) is 72.8 Å². The molecule has 0 bridgehead atoms. The molecular weight excluding hydrogens is 440 g/mol. The largest absolute Gasteiger partial charge is 0.491 e. The molecular formula is C29H36N2O4. The first-order valence-corrected chi connectivity index (χ1v) is 12.5. The summed E-state index contributed by atoms with van der Waals surface area (Å²) in [6.07, 6.45) is 0.120. The van der Waals surface area contributed by atoms with Crippen LogP contribution in [0.3, 0.4) is 0 Å². The quantitative estimate of drug-likeness (QED) is 0.263. The smallest absolute Gasteiger partial charge is 0.119 e. The summed E-state index contributed by atoms with van der Waals surface area (Å²) in [6, 6.07) is 24.8. The van der Waals surface area contributed by atoms with Crippen molar-refractivity contribution in [2.24, 2.45) is 0 Å². The molecule has 0 aliphatic carbocycles. The van der Waals surface area contributed by atoms with Gasteiger partial charge in [-0.25, -0.2) is 0 Å². The molecule has 0 amide bonds. The SMILES string of the molecule is CCOCCOc1ccc(CN(CCCO)CC(O)Cn2c3ccccc3c3ccccc32)cc1. The fourth-order valence-electron chi connectivity index (χ4n) is 4.61. The lowest BCUT2D eigenvalue weighted by Gasteiger charge is -2.26. The lowest BCUT2D eigenvalue weighted by molar-refractivity contribution is 0.0921. The maximum atomic E-state index is 11.1. The monoisotopic (exact) mass is 476 g/mol. The molecule has 1 atom stereocenters. The zero-order valence-electron chi connectivity index (χ0n) is 20.5. The Hall–Kier alpha value is -2.90. The molecule has 0 saturated carbocycles. The lowest BCUT2D eigenvalue weighted by atomic mass is 10.2. The number of aliphatic hydroxyl groups excluding tert-OH is 2. The number of hydrogen-bond donors (Lipinski definition) is 2. The van der Waals surface area contributed by atoms with Crippen molar-refractivity contribution >= 4 is 21.8 Å². The Morgan fingerprint density at radius 1 is 0.886 bits per heavy atom. The zero-order valence-corrected chi connectivity index (χ0v) is 20.5. The molecule has 186 valence electrons. The summed E-state index contributed by atoms with van der Waals surface area (Å²) in [5, 5.41) is 22.9. The molecule has 35 heavy (non-hydrogen) atoms. The Kier molecular flexibility index (Phi) is 9.15. The first-order chi connectivity index (χ1) is 17.2. The first-order valence-electron chi connectivity index (χ1n) is 12.5. The topological polar surface area (TPSA) is 67.1 Å². The highest BCUT2D eigenvalue weighted by atomic mass is 16.5. The van der Waals surface area contributed by atoms with Crippen molar-refractivity contribution in [2.75, 3.05) is 39.5 Å². The van der Waals surface area contributed by atoms with Crippen molar-refractivity contribution in [1.29, 1.82) is 0 Å². The van der Waals surface area contributed by atoms with Crippen LogP contribution in [-0.4, -0.2) is 65.3 Å². The minimum Gasteiger partial charge on any atom is -0.491 e. The van der Waals surface area contributed by atoms with Crippen molar-refractivity contribution < 1.29 is 19.7 Å². The van der Waals surface area contributed by atoms with Gasteiger partial charge in [-0.15, -0.1) is 0 Å². The van der Waals surface area contributed by atoms with Crippen LogP contribution in [0.1, 0.15) is 18.9 Å². The maximum Gasteiger partial charge on any atom is 0.119 e. The van der Waals surface area contributed by atoms with E-state index >= 15 is 0 Å². The third-order valence-corrected chi connectivity index (χ3v) is 6.20. The van der Waals surface area contributed by atoms with Gasteiger partial charge in [-0.1, -0.05) is 48.5 Å². The molecule has 0 spiro atoms. The van der Waals surface area contributed by atoms with E-state index in [4.69, 9.17) is 9.47 Å². The number of nitrogens with zero attached hydrogens (tertiary/aromatic N) is 2. The van der Waals surface area contributed by atoms with Crippen LogP contribution in [-0.2, 0) is 17.8 Å². The van der Waals surface area contributed by atoms with Gasteiger partial charge in [0.1, 0.15) is 12.4 Å². The first kappa shape index (κ1) is 25.2. The van der Waals surface area contributed by atoms with E-state index in [-0.39, 0.29) is 6.61 Å². The van der Waals surface area contributed by atoms with Gasteiger partial charge in [-0.05, 0) is 43.2 Å². The second-order valence-corrected chi connectivity index (χ2v) is 8.80. The predicted molar refractivity (Wildman–Crippen MR) is 141 cm³/mol. The van der Waals surface area contributed by atoms with E-state index in [1.807, 2.05) is 31.2 Å². The van der Waals surface area contributed by atoms with Gasteiger partial charge in [-0.3, -0.25) is 4.90 Å². The molecule has 0 aliphatic rings. The summed E-state index contributed by atoms with van der Waals surface area (Å²) < 4.78 is 13.2. The number of para-hydroxylation sites is 2. The summed E-state index contributed by atoms with van der Waals surface area (Å²) in [7, 11) is 0. The van der Waals surface area contributed by atoms with E-state index in [9.17, 15) is 10.2 Å². The molecule has 0 aliphatic heterocycles. The molecule has 1 aromatic heterocycles. The van der Waals surface area contributed by atoms with E-state index < -0.39 is 6.10 Å². The standard InChI is InChI=1S/C29H36N2O4/c1-2-34-18-19-35-25-14-12-23(13-15-25)20-30(16-7-17-32)21-24(33)22-31-28-10-5-3-8-26(28)27-9-4-6-11-29(27)31/h3-6,8-15,24,32-33H,2,7,16-22H2,1H3. The Balaban J connectivity index is 1.42. The van der Waals surface area contributed by atoms with Gasteiger partial charge in [0.05, 0.1) is 19.3 Å². The third-order valence-electron chi connectivity index (χ3n) is 6.20. The van der Waals surface area contributed by atoms with Crippen molar-refractivity contribution in [1.82, 2.24) is 9.47 Å². The van der Waals surface area contributed by atoms with Gasteiger partial charge in [0.2, 0.25) is 0 Å². The average Bonchev–Trinajstić information content (AvgIpc) is 3.20. The van der Waals surface area contributed by atoms with Crippen LogP contribution in [0.2, 0.25) is 0 Å². The number of aromatic nitrogens is 1. The van der Waals surface area contributed by atoms with Crippen LogP contribution in [0, 0.1) is 0 Å². The summed E-state index contributed by atoms with van der Waals surface area (Å²) >= 11 is 0. The highest BCUT2D eigenvalue weighted by Crippen LogP contribution is 2.29. The minimum atomic E-state index is -0.547. The highest BCUT2D eigenvalue weighted by Gasteiger charge is 2.16. The highest BCUT2D eigenvalue weighted by molar-refractivity contribution is 6.07. The zero-order chi connectivity index (χ0) is 24.5. The van der Waals surface area contributed by atoms with Gasteiger partial charge in [0.15, 0.2) is 0 Å². The Morgan fingerprint density at radius 2 is 1.54 bits per heavy atom. The normalized spacial score (nSPS) is 12.6. The summed E-state index contributed by atoms with van der Waals surface area (Å²) in [5.74, 6) is 0.821. The van der Waals surface area contributed by atoms with Crippen molar-refractivity contribution in [3.63, 3.8) is 0 Å². The number of benzene rings is 3. The van der Waals surface area contributed by atoms with Gasteiger partial charge in [0, 0.05) is 54.7 Å². The van der Waals surface area contributed by atoms with Crippen molar-refractivity contribution in [3.8, 4) is 5.75 Å². The van der Waals surface area contributed by atoms with Gasteiger partial charge in [0.25, 0.3) is 0 Å².